The van der Waals surface area contributed by atoms with Gasteiger partial charge in [-0.15, -0.1) is 5.10 Å². The molecule has 0 amide bonds. The molecule has 0 saturated heterocycles. The van der Waals surface area contributed by atoms with Gasteiger partial charge >= 0.3 is 0 Å². The Hall–Kier alpha value is -2.21. The van der Waals surface area contributed by atoms with Crippen molar-refractivity contribution in [2.75, 3.05) is 6.54 Å². The molecule has 2 heterocycles. The van der Waals surface area contributed by atoms with Crippen LogP contribution in [0.1, 0.15) is 30.0 Å². The molecule has 0 spiro atoms. The van der Waals surface area contributed by atoms with Gasteiger partial charge in [0.25, 0.3) is 0 Å². The van der Waals surface area contributed by atoms with Crippen LogP contribution in [0.2, 0.25) is 0 Å². The average Bonchev–Trinajstić information content (AvgIpc) is 3.02. The van der Waals surface area contributed by atoms with E-state index in [1.165, 1.54) is 12.1 Å². The molecule has 110 valence electrons. The maximum atomic E-state index is 13.4. The molecule has 0 fully saturated rings. The Morgan fingerprint density at radius 2 is 2.24 bits per heavy atom. The van der Waals surface area contributed by atoms with Crippen molar-refractivity contribution in [3.05, 3.63) is 47.2 Å². The summed E-state index contributed by atoms with van der Waals surface area (Å²) >= 11 is 0. The Labute approximate surface area is 121 Å². The van der Waals surface area contributed by atoms with Gasteiger partial charge in [-0.1, -0.05) is 12.1 Å². The number of nitrogens with zero attached hydrogens (tertiary/aromatic N) is 3. The highest BCUT2D eigenvalue weighted by atomic mass is 19.1. The molecule has 0 aliphatic heterocycles. The molecule has 0 radical (unpaired) electrons. The summed E-state index contributed by atoms with van der Waals surface area (Å²) in [6.45, 7) is 4.73. The van der Waals surface area contributed by atoms with Crippen LogP contribution in [0, 0.1) is 12.7 Å². The van der Waals surface area contributed by atoms with Gasteiger partial charge < -0.3 is 9.73 Å². The quantitative estimate of drug-likeness (QED) is 0.802. The van der Waals surface area contributed by atoms with E-state index in [9.17, 15) is 4.39 Å². The van der Waals surface area contributed by atoms with Crippen molar-refractivity contribution in [3.8, 4) is 0 Å². The summed E-state index contributed by atoms with van der Waals surface area (Å²) in [5.74, 6) is 0.503. The van der Waals surface area contributed by atoms with E-state index < -0.39 is 0 Å². The maximum Gasteiger partial charge on any atom is 0.134 e. The van der Waals surface area contributed by atoms with Gasteiger partial charge in [-0.25, -0.2) is 4.39 Å². The highest BCUT2D eigenvalue weighted by Gasteiger charge is 2.24. The molecule has 21 heavy (non-hydrogen) atoms. The van der Waals surface area contributed by atoms with Crippen LogP contribution in [0.15, 0.2) is 28.8 Å². The standard InChI is InChI=1S/C15H17FN4O/c1-4-17-14(12-8-18-19-20(12)3)15-9(2)11-7-10(16)5-6-13(11)21-15/h5-8,14,17H,4H2,1-3H3. The summed E-state index contributed by atoms with van der Waals surface area (Å²) < 4.78 is 21.1. The number of aromatic nitrogens is 3. The predicted molar refractivity (Wildman–Crippen MR) is 77.4 cm³/mol. The van der Waals surface area contributed by atoms with Crippen LogP contribution in [0.3, 0.4) is 0 Å². The zero-order chi connectivity index (χ0) is 15.0. The number of aryl methyl sites for hydroxylation is 2. The topological polar surface area (TPSA) is 55.9 Å². The lowest BCUT2D eigenvalue weighted by Gasteiger charge is -2.16. The first kappa shape index (κ1) is 13.8. The fourth-order valence-electron chi connectivity index (χ4n) is 2.58. The second kappa shape index (κ2) is 5.29. The number of furan rings is 1. The molecule has 1 atom stereocenters. The fraction of sp³-hybridized carbons (Fsp3) is 0.333. The van der Waals surface area contributed by atoms with Crippen molar-refractivity contribution in [1.82, 2.24) is 20.3 Å². The minimum absolute atomic E-state index is 0.162. The summed E-state index contributed by atoms with van der Waals surface area (Å²) in [7, 11) is 1.84. The molecule has 0 bridgehead atoms. The minimum atomic E-state index is -0.264. The van der Waals surface area contributed by atoms with Gasteiger partial charge in [-0.05, 0) is 31.7 Å². The number of halogens is 1. The highest BCUT2D eigenvalue weighted by Crippen LogP contribution is 2.32. The van der Waals surface area contributed by atoms with Crippen LogP contribution in [-0.2, 0) is 7.05 Å². The van der Waals surface area contributed by atoms with Crippen LogP contribution < -0.4 is 5.32 Å². The molecule has 5 nitrogen and oxygen atoms in total. The molecule has 6 heteroatoms. The molecular formula is C15H17FN4O. The van der Waals surface area contributed by atoms with Crippen molar-refractivity contribution >= 4 is 11.0 Å². The normalized spacial score (nSPS) is 13.0. The van der Waals surface area contributed by atoms with Gasteiger partial charge in [-0.3, -0.25) is 4.68 Å². The maximum absolute atomic E-state index is 13.4. The molecule has 0 saturated carbocycles. The van der Waals surface area contributed by atoms with Crippen LogP contribution in [-0.4, -0.2) is 21.5 Å². The van der Waals surface area contributed by atoms with Crippen LogP contribution in [0.4, 0.5) is 4.39 Å². The second-order valence-electron chi connectivity index (χ2n) is 5.00. The lowest BCUT2D eigenvalue weighted by molar-refractivity contribution is 0.455. The summed E-state index contributed by atoms with van der Waals surface area (Å²) in [6, 6.07) is 4.40. The molecule has 0 aliphatic carbocycles. The first-order chi connectivity index (χ1) is 10.1. The van der Waals surface area contributed by atoms with Crippen LogP contribution >= 0.6 is 0 Å². The number of hydrogen-bond donors (Lipinski definition) is 1. The monoisotopic (exact) mass is 288 g/mol. The summed E-state index contributed by atoms with van der Waals surface area (Å²) in [4.78, 5) is 0. The zero-order valence-corrected chi connectivity index (χ0v) is 12.2. The first-order valence-corrected chi connectivity index (χ1v) is 6.88. The number of nitrogens with one attached hydrogen (secondary N) is 1. The van der Waals surface area contributed by atoms with Gasteiger partial charge in [0.2, 0.25) is 0 Å². The molecule has 2 aromatic heterocycles. The molecule has 3 aromatic rings. The molecule has 0 aliphatic rings. The Morgan fingerprint density at radius 3 is 2.90 bits per heavy atom. The third-order valence-corrected chi connectivity index (χ3v) is 3.65. The first-order valence-electron chi connectivity index (χ1n) is 6.88. The van der Waals surface area contributed by atoms with Crippen molar-refractivity contribution < 1.29 is 8.81 Å². The number of hydrogen-bond acceptors (Lipinski definition) is 4. The summed E-state index contributed by atoms with van der Waals surface area (Å²) in [5, 5.41) is 12.1. The van der Waals surface area contributed by atoms with Gasteiger partial charge in [-0.2, -0.15) is 0 Å². The molecule has 1 aromatic carbocycles. The van der Waals surface area contributed by atoms with Crippen LogP contribution in [0.5, 0.6) is 0 Å². The lowest BCUT2D eigenvalue weighted by Crippen LogP contribution is -2.24. The third-order valence-electron chi connectivity index (χ3n) is 3.65. The predicted octanol–water partition coefficient (Wildman–Crippen LogP) is 2.71. The summed E-state index contributed by atoms with van der Waals surface area (Å²) in [6.07, 6.45) is 1.71. The van der Waals surface area contributed by atoms with Crippen molar-refractivity contribution in [2.45, 2.75) is 19.9 Å². The SMILES string of the molecule is CCNC(c1oc2ccc(F)cc2c1C)c1cnnn1C. The Kier molecular flexibility index (Phi) is 3.47. The van der Waals surface area contributed by atoms with Gasteiger partial charge in [0.15, 0.2) is 0 Å². The minimum Gasteiger partial charge on any atom is -0.459 e. The Morgan fingerprint density at radius 1 is 1.43 bits per heavy atom. The Balaban J connectivity index is 2.16. The Bertz CT molecular complexity index is 777. The average molecular weight is 288 g/mol. The number of fused-ring (bicyclic) bond motifs is 1. The van der Waals surface area contributed by atoms with E-state index in [0.717, 1.165) is 28.9 Å². The smallest absolute Gasteiger partial charge is 0.134 e. The van der Waals surface area contributed by atoms with E-state index in [2.05, 4.69) is 15.6 Å². The zero-order valence-electron chi connectivity index (χ0n) is 12.2. The van der Waals surface area contributed by atoms with Gasteiger partial charge in [0, 0.05) is 18.0 Å². The lowest BCUT2D eigenvalue weighted by atomic mass is 10.1. The van der Waals surface area contributed by atoms with Gasteiger partial charge in [0.05, 0.1) is 11.9 Å². The largest absolute Gasteiger partial charge is 0.459 e. The van der Waals surface area contributed by atoms with Crippen molar-refractivity contribution in [1.29, 1.82) is 0 Å². The van der Waals surface area contributed by atoms with E-state index in [1.807, 2.05) is 20.9 Å². The number of rotatable bonds is 4. The molecule has 1 unspecified atom stereocenters. The third kappa shape index (κ3) is 2.31. The molecular weight excluding hydrogens is 271 g/mol. The van der Waals surface area contributed by atoms with Crippen molar-refractivity contribution in [3.63, 3.8) is 0 Å². The van der Waals surface area contributed by atoms with E-state index in [1.54, 1.807) is 16.9 Å². The van der Waals surface area contributed by atoms with Crippen LogP contribution in [0.25, 0.3) is 11.0 Å². The van der Waals surface area contributed by atoms with E-state index >= 15 is 0 Å². The fourth-order valence-corrected chi connectivity index (χ4v) is 2.58. The number of benzene rings is 1. The van der Waals surface area contributed by atoms with E-state index in [0.29, 0.717) is 5.58 Å². The van der Waals surface area contributed by atoms with E-state index in [-0.39, 0.29) is 11.9 Å². The van der Waals surface area contributed by atoms with Crippen molar-refractivity contribution in [2.24, 2.45) is 7.05 Å². The highest BCUT2D eigenvalue weighted by molar-refractivity contribution is 5.82. The molecule has 1 N–H and O–H groups in total. The van der Waals surface area contributed by atoms with Gasteiger partial charge in [0.1, 0.15) is 23.2 Å². The second-order valence-corrected chi connectivity index (χ2v) is 5.00. The summed E-state index contributed by atoms with van der Waals surface area (Å²) in [5.41, 5.74) is 2.51. The molecule has 3 rings (SSSR count). The van der Waals surface area contributed by atoms with E-state index in [4.69, 9.17) is 4.42 Å².